The van der Waals surface area contributed by atoms with Gasteiger partial charge < -0.3 is 0 Å². The lowest BCUT2D eigenvalue weighted by molar-refractivity contribution is 0.133. The summed E-state index contributed by atoms with van der Waals surface area (Å²) in [7, 11) is -4.24. The van der Waals surface area contributed by atoms with Crippen LogP contribution in [0.3, 0.4) is 0 Å². The second-order valence-corrected chi connectivity index (χ2v) is 5.01. The van der Waals surface area contributed by atoms with Crippen molar-refractivity contribution < 1.29 is 17.4 Å². The van der Waals surface area contributed by atoms with E-state index < -0.39 is 16.1 Å². The van der Waals surface area contributed by atoms with Gasteiger partial charge in [-0.05, 0) is 17.7 Å². The van der Waals surface area contributed by atoms with Crippen LogP contribution in [0, 0.1) is 6.20 Å². The second-order valence-electron chi connectivity index (χ2n) is 3.59. The van der Waals surface area contributed by atoms with Gasteiger partial charge in [-0.3, -0.25) is 9.98 Å². The van der Waals surface area contributed by atoms with Crippen molar-refractivity contribution in [2.24, 2.45) is 5.10 Å². The number of halogens is 1. The minimum atomic E-state index is -4.24. The first-order chi connectivity index (χ1) is 8.95. The molecule has 1 radical (unpaired) electrons. The lowest BCUT2D eigenvalue weighted by Crippen LogP contribution is -2.43. The number of hydrazone groups is 1. The van der Waals surface area contributed by atoms with Gasteiger partial charge in [0.15, 0.2) is 0 Å². The van der Waals surface area contributed by atoms with Gasteiger partial charge in [-0.1, -0.05) is 12.1 Å². The van der Waals surface area contributed by atoms with Crippen molar-refractivity contribution >= 4 is 16.1 Å². The Kier molecular flexibility index (Phi) is 3.79. The third-order valence-electron chi connectivity index (χ3n) is 2.19. The Hall–Kier alpha value is -1.97. The number of nitrogens with zero attached hydrogens (tertiary/aromatic N) is 2. The highest BCUT2D eigenvalue weighted by Gasteiger charge is 2.10. The van der Waals surface area contributed by atoms with E-state index in [9.17, 15) is 12.8 Å². The molecule has 0 atom stereocenters. The second kappa shape index (κ2) is 5.34. The molecule has 0 unspecified atom stereocenters. The number of allylic oxidation sites excluding steroid dienone is 1. The van der Waals surface area contributed by atoms with Crippen LogP contribution >= 0.6 is 0 Å². The molecule has 2 rings (SSSR count). The Balaban J connectivity index is 2.03. The average molecular weight is 285 g/mol. The lowest BCUT2D eigenvalue weighted by Gasteiger charge is -2.20. The zero-order chi connectivity index (χ0) is 13.9. The SMILES string of the molecule is O=S(=O)(O)c1cccc(CNN2N=C(F)C=[C]N2)c1. The summed E-state index contributed by atoms with van der Waals surface area (Å²) in [6, 6.07) is 5.70. The molecule has 0 saturated heterocycles. The molecule has 3 N–H and O–H groups in total. The molecule has 1 aliphatic heterocycles. The molecule has 0 fully saturated rings. The molecule has 0 amide bonds. The van der Waals surface area contributed by atoms with Crippen LogP contribution in [0.5, 0.6) is 0 Å². The molecule has 101 valence electrons. The Morgan fingerprint density at radius 1 is 1.53 bits per heavy atom. The minimum absolute atomic E-state index is 0.175. The molecular weight excluding hydrogens is 275 g/mol. The van der Waals surface area contributed by atoms with Crippen molar-refractivity contribution in [1.29, 1.82) is 0 Å². The summed E-state index contributed by atoms with van der Waals surface area (Å²) in [5, 5.41) is 4.44. The highest BCUT2D eigenvalue weighted by Crippen LogP contribution is 2.11. The van der Waals surface area contributed by atoms with Crippen molar-refractivity contribution in [1.82, 2.24) is 16.1 Å². The standard InChI is InChI=1S/C10H10FN4O3S/c11-10-4-5-12-15(14-10)13-7-8-2-1-3-9(6-8)19(16,17)18/h1-4,6,12-13H,7H2,(H,16,17,18). The Morgan fingerprint density at radius 2 is 2.32 bits per heavy atom. The lowest BCUT2D eigenvalue weighted by atomic mass is 10.2. The number of hydrazine groups is 2. The number of benzene rings is 1. The van der Waals surface area contributed by atoms with Crippen LogP contribution in [0.2, 0.25) is 0 Å². The molecule has 1 aliphatic rings. The molecule has 0 aliphatic carbocycles. The first-order valence-corrected chi connectivity index (χ1v) is 6.58. The third kappa shape index (κ3) is 3.74. The number of rotatable bonds is 4. The quantitative estimate of drug-likeness (QED) is 0.691. The van der Waals surface area contributed by atoms with Crippen molar-refractivity contribution in [3.05, 3.63) is 42.1 Å². The van der Waals surface area contributed by atoms with Crippen LogP contribution in [0.1, 0.15) is 5.56 Å². The molecule has 9 heteroatoms. The van der Waals surface area contributed by atoms with E-state index in [1.807, 2.05) is 0 Å². The Morgan fingerprint density at radius 3 is 3.00 bits per heavy atom. The van der Waals surface area contributed by atoms with Crippen molar-refractivity contribution in [2.45, 2.75) is 11.4 Å². The zero-order valence-electron chi connectivity index (χ0n) is 9.54. The Labute approximate surface area is 109 Å². The average Bonchev–Trinajstić information content (AvgIpc) is 2.36. The largest absolute Gasteiger partial charge is 0.294 e. The minimum Gasteiger partial charge on any atom is -0.282 e. The van der Waals surface area contributed by atoms with E-state index in [1.54, 1.807) is 6.07 Å². The smallest absolute Gasteiger partial charge is 0.282 e. The van der Waals surface area contributed by atoms with E-state index in [4.69, 9.17) is 4.55 Å². The van der Waals surface area contributed by atoms with Crippen LogP contribution in [0.25, 0.3) is 0 Å². The predicted octanol–water partition coefficient (Wildman–Crippen LogP) is 0.358. The van der Waals surface area contributed by atoms with Crippen LogP contribution in [0.15, 0.2) is 40.3 Å². The molecular formula is C10H10FN4O3S. The normalized spacial score (nSPS) is 15.1. The van der Waals surface area contributed by atoms with Gasteiger partial charge in [0, 0.05) is 12.6 Å². The van der Waals surface area contributed by atoms with Gasteiger partial charge in [0.2, 0.25) is 5.97 Å². The van der Waals surface area contributed by atoms with Gasteiger partial charge >= 0.3 is 0 Å². The molecule has 1 heterocycles. The molecule has 19 heavy (non-hydrogen) atoms. The van der Waals surface area contributed by atoms with E-state index in [0.717, 1.165) is 11.3 Å². The van der Waals surface area contributed by atoms with E-state index in [1.165, 1.54) is 18.2 Å². The van der Waals surface area contributed by atoms with E-state index >= 15 is 0 Å². The topological polar surface area (TPSA) is 94.0 Å². The number of hydrogen-bond acceptors (Lipinski definition) is 6. The van der Waals surface area contributed by atoms with Crippen LogP contribution in [-0.4, -0.2) is 24.2 Å². The van der Waals surface area contributed by atoms with Crippen molar-refractivity contribution in [2.75, 3.05) is 0 Å². The van der Waals surface area contributed by atoms with E-state index in [0.29, 0.717) is 5.56 Å². The molecule has 1 aromatic carbocycles. The van der Waals surface area contributed by atoms with E-state index in [-0.39, 0.29) is 11.4 Å². The van der Waals surface area contributed by atoms with E-state index in [2.05, 4.69) is 22.2 Å². The highest BCUT2D eigenvalue weighted by molar-refractivity contribution is 7.85. The summed E-state index contributed by atoms with van der Waals surface area (Å²) in [6.45, 7) is 0.175. The molecule has 1 aromatic rings. The summed E-state index contributed by atoms with van der Waals surface area (Å²) in [4.78, 5) is -0.209. The van der Waals surface area contributed by atoms with Crippen molar-refractivity contribution in [3.8, 4) is 0 Å². The van der Waals surface area contributed by atoms with Gasteiger partial charge in [-0.25, -0.2) is 0 Å². The fraction of sp³-hybridized carbons (Fsp3) is 0.100. The monoisotopic (exact) mass is 285 g/mol. The van der Waals surface area contributed by atoms with Gasteiger partial charge in [0.05, 0.1) is 11.1 Å². The summed E-state index contributed by atoms with van der Waals surface area (Å²) < 4.78 is 43.6. The highest BCUT2D eigenvalue weighted by atomic mass is 32.2. The van der Waals surface area contributed by atoms with Gasteiger partial charge in [0.1, 0.15) is 0 Å². The summed E-state index contributed by atoms with van der Waals surface area (Å²) >= 11 is 0. The number of hydrogen-bond donors (Lipinski definition) is 3. The predicted molar refractivity (Wildman–Crippen MR) is 64.4 cm³/mol. The fourth-order valence-electron chi connectivity index (χ4n) is 1.36. The Bertz CT molecular complexity index is 629. The maximum atomic E-state index is 12.8. The zero-order valence-corrected chi connectivity index (χ0v) is 10.4. The van der Waals surface area contributed by atoms with Gasteiger partial charge in [0.25, 0.3) is 10.1 Å². The maximum Gasteiger partial charge on any atom is 0.294 e. The van der Waals surface area contributed by atoms with Crippen LogP contribution < -0.4 is 10.9 Å². The molecule has 0 saturated carbocycles. The van der Waals surface area contributed by atoms with Crippen LogP contribution in [-0.2, 0) is 16.7 Å². The first-order valence-electron chi connectivity index (χ1n) is 5.14. The third-order valence-corrected chi connectivity index (χ3v) is 3.04. The van der Waals surface area contributed by atoms with Gasteiger partial charge in [-0.2, -0.15) is 18.2 Å². The van der Waals surface area contributed by atoms with Crippen molar-refractivity contribution in [3.63, 3.8) is 0 Å². The summed E-state index contributed by atoms with van der Waals surface area (Å²) in [5.74, 6) is -0.724. The molecule has 0 spiro atoms. The molecule has 7 nitrogen and oxygen atoms in total. The molecule has 0 bridgehead atoms. The van der Waals surface area contributed by atoms with Gasteiger partial charge in [-0.15, -0.1) is 10.3 Å². The number of nitrogens with one attached hydrogen (secondary N) is 2. The summed E-state index contributed by atoms with van der Waals surface area (Å²) in [6.07, 6.45) is 3.43. The first kappa shape index (κ1) is 13.5. The maximum absolute atomic E-state index is 12.8. The van der Waals surface area contributed by atoms with Crippen LogP contribution in [0.4, 0.5) is 4.39 Å². The summed E-state index contributed by atoms with van der Waals surface area (Å²) in [5.41, 5.74) is 5.74. The molecule has 0 aromatic heterocycles. The fourth-order valence-corrected chi connectivity index (χ4v) is 1.91.